The molecule has 1 aliphatic carbocycles. The van der Waals surface area contributed by atoms with E-state index in [0.717, 1.165) is 47.2 Å². The molecule has 0 bridgehead atoms. The molecule has 238 valence electrons. The minimum Gasteiger partial charge on any atom is -0.444 e. The van der Waals surface area contributed by atoms with E-state index in [2.05, 4.69) is 15.5 Å². The lowest BCUT2D eigenvalue weighted by Gasteiger charge is -2.43. The largest absolute Gasteiger partial charge is 0.444 e. The van der Waals surface area contributed by atoms with E-state index in [9.17, 15) is 13.6 Å². The second kappa shape index (κ2) is 13.2. The van der Waals surface area contributed by atoms with Gasteiger partial charge in [0, 0.05) is 17.5 Å². The molecule has 47 heavy (non-hydrogen) atoms. The summed E-state index contributed by atoms with van der Waals surface area (Å²) in [5.41, 5.74) is 5.28. The molecule has 1 aromatic heterocycles. The predicted octanol–water partition coefficient (Wildman–Crippen LogP) is 9.36. The molecule has 1 N–H and O–H groups in total. The van der Waals surface area contributed by atoms with Crippen LogP contribution in [-0.2, 0) is 16.7 Å². The number of nitrogens with one attached hydrogen (secondary N) is 1. The highest BCUT2D eigenvalue weighted by molar-refractivity contribution is 6.04. The standard InChI is InChI=1S/C39H36F2N4O2/c1-38(2,3)47-37(46)43-39(22-7-23-39)30-16-10-28(11-17-30)34(24-26-8-5-4-6-9-26)42-36-33(27-12-18-31(40)19-13-27)25-35(44-45-36)29-14-20-32(41)21-15-29/h4-6,8-21,25H,7,22-24H2,1-3H3,(H,43,46). The highest BCUT2D eigenvalue weighted by atomic mass is 19.1. The van der Waals surface area contributed by atoms with E-state index in [0.29, 0.717) is 29.1 Å². The molecule has 5 aromatic rings. The zero-order chi connectivity index (χ0) is 33.0. The Balaban J connectivity index is 1.40. The van der Waals surface area contributed by atoms with Gasteiger partial charge >= 0.3 is 6.09 Å². The van der Waals surface area contributed by atoms with E-state index in [1.165, 1.54) is 24.3 Å². The third-order valence-corrected chi connectivity index (χ3v) is 8.24. The maximum absolute atomic E-state index is 13.9. The molecule has 1 saturated carbocycles. The van der Waals surface area contributed by atoms with Crippen LogP contribution in [0.1, 0.15) is 56.7 Å². The Kier molecular flexibility index (Phi) is 8.94. The number of hydrogen-bond acceptors (Lipinski definition) is 5. The van der Waals surface area contributed by atoms with Crippen LogP contribution in [0.5, 0.6) is 0 Å². The molecule has 0 unspecified atom stereocenters. The van der Waals surface area contributed by atoms with Gasteiger partial charge in [0.15, 0.2) is 5.82 Å². The molecular weight excluding hydrogens is 594 g/mol. The van der Waals surface area contributed by atoms with Crippen LogP contribution >= 0.6 is 0 Å². The van der Waals surface area contributed by atoms with E-state index in [-0.39, 0.29) is 11.6 Å². The molecule has 1 amide bonds. The molecule has 6 rings (SSSR count). The van der Waals surface area contributed by atoms with E-state index in [4.69, 9.17) is 9.73 Å². The zero-order valence-corrected chi connectivity index (χ0v) is 26.6. The summed E-state index contributed by atoms with van der Waals surface area (Å²) in [6, 6.07) is 32.2. The molecule has 1 heterocycles. The van der Waals surface area contributed by atoms with Gasteiger partial charge in [-0.15, -0.1) is 10.2 Å². The molecule has 1 fully saturated rings. The number of alkyl carbamates (subject to hydrolysis) is 1. The summed E-state index contributed by atoms with van der Waals surface area (Å²) < 4.78 is 33.1. The summed E-state index contributed by atoms with van der Waals surface area (Å²) in [4.78, 5) is 17.8. The third kappa shape index (κ3) is 7.60. The molecular formula is C39H36F2N4O2. The Hall–Kier alpha value is -5.24. The maximum atomic E-state index is 13.9. The predicted molar refractivity (Wildman–Crippen MR) is 181 cm³/mol. The topological polar surface area (TPSA) is 76.5 Å². The fourth-order valence-electron chi connectivity index (χ4n) is 5.69. The number of halogens is 2. The number of carbonyl (C=O) groups is 1. The van der Waals surface area contributed by atoms with Crippen molar-refractivity contribution < 1.29 is 18.3 Å². The van der Waals surface area contributed by atoms with Gasteiger partial charge in [-0.05, 0) is 105 Å². The lowest BCUT2D eigenvalue weighted by Crippen LogP contribution is -2.52. The molecule has 0 atom stereocenters. The van der Waals surface area contributed by atoms with E-state index >= 15 is 0 Å². The fourth-order valence-corrected chi connectivity index (χ4v) is 5.69. The monoisotopic (exact) mass is 630 g/mol. The number of carbonyl (C=O) groups excluding carboxylic acids is 1. The van der Waals surface area contributed by atoms with Crippen LogP contribution in [0.15, 0.2) is 114 Å². The molecule has 0 aliphatic heterocycles. The van der Waals surface area contributed by atoms with Crippen molar-refractivity contribution in [3.05, 3.63) is 138 Å². The minimum atomic E-state index is -0.589. The quantitative estimate of drug-likeness (QED) is 0.173. The van der Waals surface area contributed by atoms with Gasteiger partial charge in [-0.25, -0.2) is 18.6 Å². The Bertz CT molecular complexity index is 1880. The Morgan fingerprint density at radius 1 is 0.830 bits per heavy atom. The van der Waals surface area contributed by atoms with Crippen LogP contribution in [0.3, 0.4) is 0 Å². The van der Waals surface area contributed by atoms with E-state index in [1.54, 1.807) is 24.3 Å². The number of aromatic nitrogens is 2. The van der Waals surface area contributed by atoms with Crippen LogP contribution in [0, 0.1) is 11.6 Å². The molecule has 0 spiro atoms. The average molecular weight is 631 g/mol. The summed E-state index contributed by atoms with van der Waals surface area (Å²) >= 11 is 0. The van der Waals surface area contributed by atoms with Crippen LogP contribution in [0.25, 0.3) is 22.4 Å². The second-order valence-electron chi connectivity index (χ2n) is 12.8. The first kappa shape index (κ1) is 31.7. The SMILES string of the molecule is CC(C)(C)OC(=O)NC1(c2ccc(C(Cc3ccccc3)=Nc3nnc(-c4ccc(F)cc4)cc3-c3ccc(F)cc3)cc2)CCC1. The Morgan fingerprint density at radius 3 is 2.02 bits per heavy atom. The second-order valence-corrected chi connectivity index (χ2v) is 12.8. The van der Waals surface area contributed by atoms with Crippen LogP contribution in [0.2, 0.25) is 0 Å². The smallest absolute Gasteiger partial charge is 0.408 e. The number of rotatable bonds is 8. The van der Waals surface area contributed by atoms with E-state index < -0.39 is 17.2 Å². The summed E-state index contributed by atoms with van der Waals surface area (Å²) in [5, 5.41) is 12.1. The Morgan fingerprint density at radius 2 is 1.45 bits per heavy atom. The van der Waals surface area contributed by atoms with Gasteiger partial charge < -0.3 is 10.1 Å². The van der Waals surface area contributed by atoms with Crippen molar-refractivity contribution in [1.29, 1.82) is 0 Å². The number of aliphatic imine (C=N–C) groups is 1. The minimum absolute atomic E-state index is 0.345. The van der Waals surface area contributed by atoms with Crippen molar-refractivity contribution in [3.63, 3.8) is 0 Å². The third-order valence-electron chi connectivity index (χ3n) is 8.24. The van der Waals surface area contributed by atoms with Crippen molar-refractivity contribution in [3.8, 4) is 22.4 Å². The number of ether oxygens (including phenoxy) is 1. The van der Waals surface area contributed by atoms with Crippen molar-refractivity contribution >= 4 is 17.6 Å². The zero-order valence-electron chi connectivity index (χ0n) is 26.6. The highest BCUT2D eigenvalue weighted by Crippen LogP contribution is 2.42. The summed E-state index contributed by atoms with van der Waals surface area (Å²) in [7, 11) is 0. The van der Waals surface area contributed by atoms with Gasteiger partial charge in [0.25, 0.3) is 0 Å². The van der Waals surface area contributed by atoms with Crippen LogP contribution in [0.4, 0.5) is 19.4 Å². The van der Waals surface area contributed by atoms with Gasteiger partial charge in [-0.2, -0.15) is 0 Å². The van der Waals surface area contributed by atoms with Crippen LogP contribution in [-0.4, -0.2) is 27.6 Å². The summed E-state index contributed by atoms with van der Waals surface area (Å²) in [5.74, 6) is -0.323. The van der Waals surface area contributed by atoms with Crippen molar-refractivity contribution in [2.45, 2.75) is 57.6 Å². The number of amides is 1. The number of nitrogens with zero attached hydrogens (tertiary/aromatic N) is 3. The van der Waals surface area contributed by atoms with Gasteiger partial charge in [0.1, 0.15) is 17.2 Å². The molecule has 8 heteroatoms. The molecule has 0 radical (unpaired) electrons. The molecule has 1 aliphatic rings. The molecule has 6 nitrogen and oxygen atoms in total. The van der Waals surface area contributed by atoms with Gasteiger partial charge in [-0.3, -0.25) is 0 Å². The van der Waals surface area contributed by atoms with Gasteiger partial charge in [-0.1, -0.05) is 66.7 Å². The van der Waals surface area contributed by atoms with Gasteiger partial charge in [0.05, 0.1) is 16.9 Å². The lowest BCUT2D eigenvalue weighted by atomic mass is 9.71. The Labute approximate surface area is 273 Å². The molecule has 0 saturated heterocycles. The number of benzene rings is 4. The van der Waals surface area contributed by atoms with Gasteiger partial charge in [0.2, 0.25) is 0 Å². The van der Waals surface area contributed by atoms with Crippen molar-refractivity contribution in [1.82, 2.24) is 15.5 Å². The van der Waals surface area contributed by atoms with Crippen molar-refractivity contribution in [2.75, 3.05) is 0 Å². The van der Waals surface area contributed by atoms with Crippen LogP contribution < -0.4 is 5.32 Å². The number of hydrogen-bond donors (Lipinski definition) is 1. The first-order chi connectivity index (χ1) is 22.6. The normalized spacial score (nSPS) is 14.3. The summed E-state index contributed by atoms with van der Waals surface area (Å²) in [6.45, 7) is 5.56. The first-order valence-corrected chi connectivity index (χ1v) is 15.7. The molecule has 4 aromatic carbocycles. The first-order valence-electron chi connectivity index (χ1n) is 15.7. The maximum Gasteiger partial charge on any atom is 0.408 e. The summed E-state index contributed by atoms with van der Waals surface area (Å²) in [6.07, 6.45) is 2.76. The average Bonchev–Trinajstić information content (AvgIpc) is 3.03. The fraction of sp³-hybridized carbons (Fsp3) is 0.231. The lowest BCUT2D eigenvalue weighted by molar-refractivity contribution is 0.0377. The van der Waals surface area contributed by atoms with Crippen molar-refractivity contribution in [2.24, 2.45) is 4.99 Å². The highest BCUT2D eigenvalue weighted by Gasteiger charge is 2.41. The van der Waals surface area contributed by atoms with E-state index in [1.807, 2.05) is 81.4 Å².